The molecule has 0 radical (unpaired) electrons. The molecule has 2 aromatic heterocycles. The molecule has 1 aliphatic carbocycles. The predicted octanol–water partition coefficient (Wildman–Crippen LogP) is 4.63. The third-order valence-electron chi connectivity index (χ3n) is 5.53. The highest BCUT2D eigenvalue weighted by Crippen LogP contribution is 2.40. The molecule has 1 fully saturated rings. The third kappa shape index (κ3) is 5.36. The fourth-order valence-corrected chi connectivity index (χ4v) is 7.13. The van der Waals surface area contributed by atoms with Gasteiger partial charge in [-0.25, -0.2) is 8.42 Å². The average molecular weight is 568 g/mol. The zero-order valence-electron chi connectivity index (χ0n) is 18.5. The van der Waals surface area contributed by atoms with Crippen LogP contribution in [0.5, 0.6) is 0 Å². The van der Waals surface area contributed by atoms with Crippen molar-refractivity contribution in [2.75, 3.05) is 15.9 Å². The Hall–Kier alpha value is -2.66. The van der Waals surface area contributed by atoms with Gasteiger partial charge in [0.1, 0.15) is 12.1 Å². The van der Waals surface area contributed by atoms with Crippen molar-refractivity contribution in [3.8, 4) is 5.82 Å². The average Bonchev–Trinajstić information content (AvgIpc) is 3.52. The largest absolute Gasteiger partial charge is 0.366 e. The van der Waals surface area contributed by atoms with E-state index in [1.54, 1.807) is 22.9 Å². The van der Waals surface area contributed by atoms with Crippen LogP contribution in [0.4, 0.5) is 11.5 Å². The molecular formula is C22H20Cl2N5O5PS. The van der Waals surface area contributed by atoms with Gasteiger partial charge in [0.15, 0.2) is 5.82 Å². The Bertz CT molecular complexity index is 1580. The van der Waals surface area contributed by atoms with Crippen molar-refractivity contribution in [1.82, 2.24) is 14.8 Å². The van der Waals surface area contributed by atoms with E-state index >= 15 is 0 Å². The molecule has 14 heteroatoms. The molecule has 1 aliphatic rings. The number of nitrogens with one attached hydrogen (secondary N) is 1. The maximum Gasteiger partial charge on any atom is 0.345 e. The second-order valence-electron chi connectivity index (χ2n) is 8.39. The van der Waals surface area contributed by atoms with E-state index in [2.05, 4.69) is 15.5 Å². The van der Waals surface area contributed by atoms with E-state index in [-0.39, 0.29) is 20.6 Å². The maximum atomic E-state index is 13.4. The molecule has 0 spiro atoms. The highest BCUT2D eigenvalue weighted by Gasteiger charge is 2.32. The molecule has 36 heavy (non-hydrogen) atoms. The van der Waals surface area contributed by atoms with E-state index in [0.29, 0.717) is 32.9 Å². The molecule has 0 aliphatic heterocycles. The van der Waals surface area contributed by atoms with Crippen molar-refractivity contribution >= 4 is 63.2 Å². The molecule has 0 saturated heterocycles. The standard InChI is InChI=1S/C22H20Cl2N5O5PS/c23-15-10-16(24)12-19(11-15)36(33,34)29(13-35(30,31)32)18-3-4-20-14(9-18)7-8-28(20)22-6-5-21(26-27-22)25-17-1-2-17/h3-12,17H,1-2,13H2,(H,25,26)(H2,30,31,32). The predicted molar refractivity (Wildman–Crippen MR) is 139 cm³/mol. The van der Waals surface area contributed by atoms with Gasteiger partial charge in [-0.2, -0.15) is 0 Å². The lowest BCUT2D eigenvalue weighted by atomic mass is 10.2. The molecule has 4 aromatic rings. The van der Waals surface area contributed by atoms with Crippen molar-refractivity contribution in [2.45, 2.75) is 23.8 Å². The zero-order chi connectivity index (χ0) is 25.7. The van der Waals surface area contributed by atoms with E-state index in [4.69, 9.17) is 23.2 Å². The van der Waals surface area contributed by atoms with Crippen LogP contribution in [0.1, 0.15) is 12.8 Å². The van der Waals surface area contributed by atoms with Crippen LogP contribution in [0.15, 0.2) is 65.7 Å². The lowest BCUT2D eigenvalue weighted by Crippen LogP contribution is -2.32. The molecule has 10 nitrogen and oxygen atoms in total. The molecule has 1 saturated carbocycles. The molecule has 0 bridgehead atoms. The van der Waals surface area contributed by atoms with Gasteiger partial charge in [0, 0.05) is 27.7 Å². The minimum absolute atomic E-state index is 0.0646. The first-order chi connectivity index (χ1) is 17.0. The lowest BCUT2D eigenvalue weighted by molar-refractivity contribution is 0.373. The van der Waals surface area contributed by atoms with Crippen molar-refractivity contribution in [2.24, 2.45) is 0 Å². The van der Waals surface area contributed by atoms with Crippen molar-refractivity contribution in [3.05, 3.63) is 70.8 Å². The van der Waals surface area contributed by atoms with Crippen LogP contribution in [0.3, 0.4) is 0 Å². The molecule has 3 N–H and O–H groups in total. The number of fused-ring (bicyclic) bond motifs is 1. The smallest absolute Gasteiger partial charge is 0.345 e. The van der Waals surface area contributed by atoms with E-state index in [1.165, 1.54) is 30.3 Å². The summed E-state index contributed by atoms with van der Waals surface area (Å²) in [5, 5.41) is 12.5. The highest BCUT2D eigenvalue weighted by molar-refractivity contribution is 7.93. The van der Waals surface area contributed by atoms with Crippen LogP contribution in [0, 0.1) is 0 Å². The lowest BCUT2D eigenvalue weighted by Gasteiger charge is -2.25. The first-order valence-electron chi connectivity index (χ1n) is 10.7. The topological polar surface area (TPSA) is 138 Å². The van der Waals surface area contributed by atoms with Crippen molar-refractivity contribution in [3.63, 3.8) is 0 Å². The van der Waals surface area contributed by atoms with Gasteiger partial charge >= 0.3 is 7.60 Å². The number of rotatable bonds is 8. The number of hydrogen-bond acceptors (Lipinski definition) is 6. The molecule has 0 unspecified atom stereocenters. The number of benzene rings is 2. The maximum absolute atomic E-state index is 13.4. The van der Waals surface area contributed by atoms with Crippen LogP contribution in [0.25, 0.3) is 16.7 Å². The first kappa shape index (κ1) is 25.0. The third-order valence-corrected chi connectivity index (χ3v) is 8.56. The molecule has 188 valence electrons. The Morgan fingerprint density at radius 3 is 2.36 bits per heavy atom. The van der Waals surface area contributed by atoms with Crippen molar-refractivity contribution < 1.29 is 22.8 Å². The number of hydrogen-bond donors (Lipinski definition) is 3. The molecule has 0 amide bonds. The van der Waals surface area contributed by atoms with Gasteiger partial charge in [-0.1, -0.05) is 23.2 Å². The summed E-state index contributed by atoms with van der Waals surface area (Å²) in [6.45, 7) is 0. The number of sulfonamides is 1. The fraction of sp³-hybridized carbons (Fsp3) is 0.182. The first-order valence-corrected chi connectivity index (χ1v) is 14.7. The normalized spacial score (nSPS) is 14.2. The van der Waals surface area contributed by atoms with E-state index < -0.39 is 23.9 Å². The Balaban J connectivity index is 1.53. The van der Waals surface area contributed by atoms with E-state index in [1.807, 2.05) is 12.1 Å². The number of anilines is 2. The summed E-state index contributed by atoms with van der Waals surface area (Å²) in [6.07, 6.45) is 2.93. The van der Waals surface area contributed by atoms with Crippen LogP contribution in [-0.2, 0) is 14.6 Å². The van der Waals surface area contributed by atoms with Crippen LogP contribution < -0.4 is 9.62 Å². The van der Waals surface area contributed by atoms with Gasteiger partial charge < -0.3 is 15.1 Å². The van der Waals surface area contributed by atoms with Gasteiger partial charge in [-0.15, -0.1) is 10.2 Å². The summed E-state index contributed by atoms with van der Waals surface area (Å²) in [5.74, 6) is 1.26. The quantitative estimate of drug-likeness (QED) is 0.262. The van der Waals surface area contributed by atoms with Crippen LogP contribution in [0.2, 0.25) is 10.0 Å². The van der Waals surface area contributed by atoms with Gasteiger partial charge in [-0.05, 0) is 67.4 Å². The van der Waals surface area contributed by atoms with Crippen LogP contribution >= 0.6 is 30.8 Å². The Morgan fingerprint density at radius 2 is 1.75 bits per heavy atom. The van der Waals surface area contributed by atoms with Crippen molar-refractivity contribution in [1.29, 1.82) is 0 Å². The van der Waals surface area contributed by atoms with Gasteiger partial charge in [0.05, 0.1) is 16.1 Å². The summed E-state index contributed by atoms with van der Waals surface area (Å²) >= 11 is 12.0. The molecule has 2 aromatic carbocycles. The molecule has 5 rings (SSSR count). The second kappa shape index (κ2) is 9.33. The van der Waals surface area contributed by atoms with E-state index in [9.17, 15) is 22.8 Å². The minimum Gasteiger partial charge on any atom is -0.366 e. The van der Waals surface area contributed by atoms with Crippen LogP contribution in [-0.4, -0.2) is 45.3 Å². The highest BCUT2D eigenvalue weighted by atomic mass is 35.5. The molecular weight excluding hydrogens is 548 g/mol. The number of aromatic nitrogens is 3. The number of halogens is 2. The Kier molecular flexibility index (Phi) is 6.48. The number of nitrogens with zero attached hydrogens (tertiary/aromatic N) is 4. The Labute approximate surface area is 216 Å². The summed E-state index contributed by atoms with van der Waals surface area (Å²) in [6, 6.07) is 14.2. The minimum atomic E-state index is -4.79. The van der Waals surface area contributed by atoms with E-state index in [0.717, 1.165) is 12.8 Å². The zero-order valence-corrected chi connectivity index (χ0v) is 21.7. The summed E-state index contributed by atoms with van der Waals surface area (Å²) < 4.78 is 41.2. The SMILES string of the molecule is O=P(O)(O)CN(c1ccc2c(ccn2-c2ccc(NC3CC3)nn2)c1)S(=O)(=O)c1cc(Cl)cc(Cl)c1. The fourth-order valence-electron chi connectivity index (χ4n) is 3.72. The summed E-state index contributed by atoms with van der Waals surface area (Å²) in [5.41, 5.74) is 0.769. The monoisotopic (exact) mass is 567 g/mol. The molecule has 2 heterocycles. The van der Waals surface area contributed by atoms with Gasteiger partial charge in [0.2, 0.25) is 0 Å². The summed E-state index contributed by atoms with van der Waals surface area (Å²) in [4.78, 5) is 19.0. The van der Waals surface area contributed by atoms with Gasteiger partial charge in [0.25, 0.3) is 10.0 Å². The summed E-state index contributed by atoms with van der Waals surface area (Å²) in [7, 11) is -9.21. The Morgan fingerprint density at radius 1 is 1.03 bits per heavy atom. The van der Waals surface area contributed by atoms with Gasteiger partial charge in [-0.3, -0.25) is 13.4 Å². The second-order valence-corrected chi connectivity index (χ2v) is 12.7. The molecule has 0 atom stereocenters.